The lowest BCUT2D eigenvalue weighted by Crippen LogP contribution is -2.13. The van der Waals surface area contributed by atoms with Gasteiger partial charge in [-0.2, -0.15) is 0 Å². The Labute approximate surface area is 175 Å². The second-order valence-corrected chi connectivity index (χ2v) is 9.87. The normalized spacial score (nSPS) is 11.5. The number of hydrogen-bond acceptors (Lipinski definition) is 7. The van der Waals surface area contributed by atoms with E-state index in [0.29, 0.717) is 5.13 Å². The zero-order valence-corrected chi connectivity index (χ0v) is 17.6. The van der Waals surface area contributed by atoms with E-state index in [1.165, 1.54) is 29.5 Å². The van der Waals surface area contributed by atoms with Gasteiger partial charge >= 0.3 is 0 Å². The predicted octanol–water partition coefficient (Wildman–Crippen LogP) is 3.88. The molecule has 0 saturated carbocycles. The van der Waals surface area contributed by atoms with Crippen LogP contribution in [0.4, 0.5) is 5.13 Å². The highest BCUT2D eigenvalue weighted by Gasteiger charge is 2.20. The van der Waals surface area contributed by atoms with E-state index in [1.54, 1.807) is 36.5 Å². The molecule has 7 nitrogen and oxygen atoms in total. The summed E-state index contributed by atoms with van der Waals surface area (Å²) in [5.74, 6) is -0.412. The number of benzene rings is 2. The Morgan fingerprint density at radius 3 is 2.60 bits per heavy atom. The molecule has 0 aliphatic carbocycles. The molecular weight excluding hydrogens is 424 g/mol. The molecule has 2 aromatic heterocycles. The summed E-state index contributed by atoms with van der Waals surface area (Å²) in [5.41, 5.74) is 0.101. The van der Waals surface area contributed by atoms with Gasteiger partial charge in [-0.05, 0) is 31.2 Å². The molecule has 0 spiro atoms. The number of hydrogen-bond donors (Lipinski definition) is 1. The minimum Gasteiger partial charge on any atom is -0.455 e. The van der Waals surface area contributed by atoms with Crippen molar-refractivity contribution in [1.29, 1.82) is 0 Å². The Morgan fingerprint density at radius 1 is 1.13 bits per heavy atom. The van der Waals surface area contributed by atoms with Crippen LogP contribution in [-0.4, -0.2) is 25.6 Å². The van der Waals surface area contributed by atoms with E-state index in [2.05, 4.69) is 10.3 Å². The van der Waals surface area contributed by atoms with Gasteiger partial charge in [0, 0.05) is 29.0 Å². The van der Waals surface area contributed by atoms with Crippen LogP contribution in [0.25, 0.3) is 22.3 Å². The molecule has 0 fully saturated rings. The second-order valence-electron chi connectivity index (χ2n) is 6.66. The third-order valence-electron chi connectivity index (χ3n) is 4.39. The number of thiazole rings is 1. The Balaban J connectivity index is 1.89. The molecule has 4 rings (SSSR count). The average Bonchev–Trinajstić information content (AvgIpc) is 3.11. The van der Waals surface area contributed by atoms with Crippen LogP contribution in [0.15, 0.2) is 68.8 Å². The molecule has 0 unspecified atom stereocenters. The number of rotatable bonds is 4. The highest BCUT2D eigenvalue weighted by molar-refractivity contribution is 7.90. The molecule has 4 aromatic rings. The number of fused-ring (bicyclic) bond motifs is 1. The van der Waals surface area contributed by atoms with Gasteiger partial charge in [-0.25, -0.2) is 13.4 Å². The molecule has 0 aliphatic heterocycles. The fraction of sp³-hybridized carbons (Fsp3) is 0.0952. The number of para-hydroxylation sites is 1. The van der Waals surface area contributed by atoms with Crippen LogP contribution in [-0.2, 0) is 9.84 Å². The summed E-state index contributed by atoms with van der Waals surface area (Å²) in [6.45, 7) is 1.87. The Bertz CT molecular complexity index is 1450. The predicted molar refractivity (Wildman–Crippen MR) is 116 cm³/mol. The van der Waals surface area contributed by atoms with Crippen LogP contribution in [0.3, 0.4) is 0 Å². The first kappa shape index (κ1) is 20.0. The first-order valence-electron chi connectivity index (χ1n) is 8.84. The second kappa shape index (κ2) is 7.51. The third kappa shape index (κ3) is 3.77. The van der Waals surface area contributed by atoms with Crippen LogP contribution < -0.4 is 10.7 Å². The fourth-order valence-corrected chi connectivity index (χ4v) is 4.61. The summed E-state index contributed by atoms with van der Waals surface area (Å²) in [6.07, 6.45) is 2.73. The molecule has 2 heterocycles. The van der Waals surface area contributed by atoms with Crippen LogP contribution >= 0.6 is 11.3 Å². The summed E-state index contributed by atoms with van der Waals surface area (Å²) in [7, 11) is -3.56. The molecule has 2 aromatic carbocycles. The topological polar surface area (TPSA) is 106 Å². The van der Waals surface area contributed by atoms with Crippen molar-refractivity contribution in [2.75, 3.05) is 11.6 Å². The summed E-state index contributed by atoms with van der Waals surface area (Å²) < 4.78 is 30.2. The van der Waals surface area contributed by atoms with E-state index in [4.69, 9.17) is 4.42 Å². The van der Waals surface area contributed by atoms with Gasteiger partial charge in [0.15, 0.2) is 26.0 Å². The number of aryl methyl sites for hydroxylation is 1. The molecule has 0 radical (unpaired) electrons. The molecule has 9 heteroatoms. The number of amides is 1. The third-order valence-corrected chi connectivity index (χ3v) is 6.38. The highest BCUT2D eigenvalue weighted by Crippen LogP contribution is 2.30. The standard InChI is InChI=1S/C21H16N2O5S2/c1-12-11-22-21(29-12)23-20(25)15-8-5-7-13-16(24)10-17(28-19(13)15)14-6-3-4-9-18(14)30(2,26)27/h3-11H,1-2H3,(H,22,23,25). The lowest BCUT2D eigenvalue weighted by atomic mass is 10.1. The molecule has 1 N–H and O–H groups in total. The maximum Gasteiger partial charge on any atom is 0.261 e. The number of sulfone groups is 1. The summed E-state index contributed by atoms with van der Waals surface area (Å²) >= 11 is 1.32. The lowest BCUT2D eigenvalue weighted by Gasteiger charge is -2.10. The zero-order valence-electron chi connectivity index (χ0n) is 16.0. The maximum absolute atomic E-state index is 12.8. The molecule has 0 saturated heterocycles. The van der Waals surface area contributed by atoms with Crippen LogP contribution in [0.2, 0.25) is 0 Å². The molecule has 0 bridgehead atoms. The number of anilines is 1. The van der Waals surface area contributed by atoms with Crippen LogP contribution in [0.1, 0.15) is 15.2 Å². The molecule has 0 atom stereocenters. The molecule has 30 heavy (non-hydrogen) atoms. The van der Waals surface area contributed by atoms with Gasteiger partial charge in [0.2, 0.25) is 0 Å². The quantitative estimate of drug-likeness (QED) is 0.516. The van der Waals surface area contributed by atoms with Crippen molar-refractivity contribution in [2.24, 2.45) is 0 Å². The lowest BCUT2D eigenvalue weighted by molar-refractivity contribution is 0.102. The Kier molecular flexibility index (Phi) is 5.00. The largest absolute Gasteiger partial charge is 0.455 e. The van der Waals surface area contributed by atoms with E-state index >= 15 is 0 Å². The SMILES string of the molecule is Cc1cnc(NC(=O)c2cccc3c(=O)cc(-c4ccccc4S(C)(=O)=O)oc23)s1. The zero-order chi connectivity index (χ0) is 21.5. The van der Waals surface area contributed by atoms with E-state index in [9.17, 15) is 18.0 Å². The smallest absolute Gasteiger partial charge is 0.261 e. The van der Waals surface area contributed by atoms with Crippen molar-refractivity contribution >= 4 is 43.2 Å². The van der Waals surface area contributed by atoms with Crippen molar-refractivity contribution in [3.8, 4) is 11.3 Å². The molecule has 1 amide bonds. The minimum atomic E-state index is -3.56. The Hall–Kier alpha value is -3.30. The van der Waals surface area contributed by atoms with Gasteiger partial charge in [0.05, 0.1) is 15.8 Å². The van der Waals surface area contributed by atoms with Gasteiger partial charge in [0.1, 0.15) is 5.76 Å². The first-order valence-corrected chi connectivity index (χ1v) is 11.5. The van der Waals surface area contributed by atoms with Crippen molar-refractivity contribution < 1.29 is 17.6 Å². The van der Waals surface area contributed by atoms with Crippen molar-refractivity contribution in [3.63, 3.8) is 0 Å². The number of nitrogens with zero attached hydrogens (tertiary/aromatic N) is 1. The Morgan fingerprint density at radius 2 is 1.90 bits per heavy atom. The van der Waals surface area contributed by atoms with E-state index < -0.39 is 15.7 Å². The summed E-state index contributed by atoms with van der Waals surface area (Å²) in [5, 5.41) is 3.34. The maximum atomic E-state index is 12.8. The highest BCUT2D eigenvalue weighted by atomic mass is 32.2. The van der Waals surface area contributed by atoms with Gasteiger partial charge in [-0.3, -0.25) is 14.9 Å². The van der Waals surface area contributed by atoms with E-state index in [1.807, 2.05) is 6.92 Å². The van der Waals surface area contributed by atoms with Gasteiger partial charge in [-0.1, -0.05) is 18.2 Å². The van der Waals surface area contributed by atoms with Crippen molar-refractivity contribution in [3.05, 3.63) is 75.4 Å². The number of nitrogens with one attached hydrogen (secondary N) is 1. The van der Waals surface area contributed by atoms with Gasteiger partial charge in [0.25, 0.3) is 5.91 Å². The number of aromatic nitrogens is 1. The first-order chi connectivity index (χ1) is 14.2. The summed E-state index contributed by atoms with van der Waals surface area (Å²) in [4.78, 5) is 30.6. The van der Waals surface area contributed by atoms with Gasteiger partial charge < -0.3 is 4.42 Å². The summed E-state index contributed by atoms with van der Waals surface area (Å²) in [6, 6.07) is 12.2. The fourth-order valence-electron chi connectivity index (χ4n) is 3.06. The average molecular weight is 441 g/mol. The minimum absolute atomic E-state index is 0.0349. The molecule has 152 valence electrons. The number of carbonyl (C=O) groups excluding carboxylic acids is 1. The number of carbonyl (C=O) groups is 1. The molecular formula is C21H16N2O5S2. The van der Waals surface area contributed by atoms with Crippen LogP contribution in [0.5, 0.6) is 0 Å². The van der Waals surface area contributed by atoms with Crippen LogP contribution in [0, 0.1) is 6.92 Å². The van der Waals surface area contributed by atoms with Gasteiger partial charge in [-0.15, -0.1) is 11.3 Å². The van der Waals surface area contributed by atoms with E-state index in [-0.39, 0.29) is 38.2 Å². The molecule has 0 aliphatic rings. The van der Waals surface area contributed by atoms with Crippen molar-refractivity contribution in [1.82, 2.24) is 4.98 Å². The van der Waals surface area contributed by atoms with Crippen molar-refractivity contribution in [2.45, 2.75) is 11.8 Å². The van der Waals surface area contributed by atoms with E-state index in [0.717, 1.165) is 11.1 Å². The monoisotopic (exact) mass is 440 g/mol.